The summed E-state index contributed by atoms with van der Waals surface area (Å²) in [4.78, 5) is 55.1. The first-order valence-electron chi connectivity index (χ1n) is 13.2. The summed E-state index contributed by atoms with van der Waals surface area (Å²) >= 11 is 1.15. The van der Waals surface area contributed by atoms with Crippen molar-refractivity contribution in [3.8, 4) is 0 Å². The Morgan fingerprint density at radius 1 is 1.00 bits per heavy atom. The van der Waals surface area contributed by atoms with Crippen LogP contribution in [0.3, 0.4) is 0 Å². The van der Waals surface area contributed by atoms with Gasteiger partial charge in [-0.1, -0.05) is 30.3 Å². The van der Waals surface area contributed by atoms with E-state index in [9.17, 15) is 19.2 Å². The number of nitrogens with zero attached hydrogens (tertiary/aromatic N) is 2. The fourth-order valence-corrected chi connectivity index (χ4v) is 4.22. The molecule has 1 aromatic heterocycles. The van der Waals surface area contributed by atoms with Crippen LogP contribution in [0, 0.1) is 5.41 Å². The molecule has 0 aliphatic rings. The van der Waals surface area contributed by atoms with Gasteiger partial charge in [0.25, 0.3) is 0 Å². The van der Waals surface area contributed by atoms with E-state index in [1.165, 1.54) is 12.5 Å². The molecule has 2 aromatic rings. The van der Waals surface area contributed by atoms with Gasteiger partial charge < -0.3 is 24.3 Å². The molecule has 14 heteroatoms. The average Bonchev–Trinajstić information content (AvgIpc) is 3.37. The molecule has 0 aliphatic heterocycles. The van der Waals surface area contributed by atoms with Crippen LogP contribution in [0.1, 0.15) is 81.5 Å². The number of alkyl carbamates (subject to hydrolysis) is 2. The predicted molar refractivity (Wildman–Crippen MR) is 155 cm³/mol. The minimum atomic E-state index is -0.903. The molecule has 0 spiro atoms. The zero-order valence-electron chi connectivity index (χ0n) is 24.9. The fraction of sp³-hybridized carbons (Fsp3) is 0.500. The summed E-state index contributed by atoms with van der Waals surface area (Å²) in [7, 11) is 1.24. The van der Waals surface area contributed by atoms with Crippen LogP contribution in [-0.4, -0.2) is 64.9 Å². The van der Waals surface area contributed by atoms with Crippen molar-refractivity contribution in [3.63, 3.8) is 0 Å². The zero-order valence-corrected chi connectivity index (χ0v) is 25.8. The minimum Gasteiger partial charge on any atom is -0.464 e. The van der Waals surface area contributed by atoms with Gasteiger partial charge in [-0.25, -0.2) is 29.1 Å². The summed E-state index contributed by atoms with van der Waals surface area (Å²) in [5.74, 6) is -1.16. The van der Waals surface area contributed by atoms with Gasteiger partial charge in [0.1, 0.15) is 22.8 Å². The van der Waals surface area contributed by atoms with E-state index in [-0.39, 0.29) is 31.7 Å². The maximum atomic E-state index is 12.9. The molecule has 1 unspecified atom stereocenters. The van der Waals surface area contributed by atoms with Crippen LogP contribution in [0.15, 0.2) is 35.7 Å². The monoisotopic (exact) mass is 605 g/mol. The van der Waals surface area contributed by atoms with Crippen LogP contribution >= 0.6 is 11.3 Å². The maximum Gasteiger partial charge on any atom is 0.417 e. The highest BCUT2D eigenvalue weighted by Crippen LogP contribution is 2.24. The van der Waals surface area contributed by atoms with Gasteiger partial charge in [-0.3, -0.25) is 10.7 Å². The molecule has 42 heavy (non-hydrogen) atoms. The molecule has 0 radical (unpaired) electrons. The van der Waals surface area contributed by atoms with Crippen molar-refractivity contribution in [2.24, 2.45) is 0 Å². The summed E-state index contributed by atoms with van der Waals surface area (Å²) in [6.07, 6.45) is -2.00. The molecular weight excluding hydrogens is 566 g/mol. The van der Waals surface area contributed by atoms with Crippen molar-refractivity contribution in [2.75, 3.05) is 13.7 Å². The van der Waals surface area contributed by atoms with Crippen LogP contribution in [0.2, 0.25) is 0 Å². The summed E-state index contributed by atoms with van der Waals surface area (Å²) in [5.41, 5.74) is -0.790. The van der Waals surface area contributed by atoms with Crippen molar-refractivity contribution in [3.05, 3.63) is 52.0 Å². The second kappa shape index (κ2) is 15.1. The lowest BCUT2D eigenvalue weighted by molar-refractivity contribution is 0.0353. The van der Waals surface area contributed by atoms with Gasteiger partial charge in [0.15, 0.2) is 5.69 Å². The highest BCUT2D eigenvalue weighted by molar-refractivity contribution is 7.09. The molecular formula is C28H39N5O8S. The zero-order chi connectivity index (χ0) is 31.5. The fourth-order valence-electron chi connectivity index (χ4n) is 3.34. The van der Waals surface area contributed by atoms with E-state index in [0.717, 1.165) is 21.8 Å². The number of hydrogen-bond donors (Lipinski definition) is 3. The number of benzene rings is 1. The molecule has 1 heterocycles. The normalized spacial score (nSPS) is 12.0. The number of guanidine groups is 1. The second-order valence-electron chi connectivity index (χ2n) is 11.1. The average molecular weight is 606 g/mol. The third-order valence-electron chi connectivity index (χ3n) is 5.10. The molecule has 1 aromatic carbocycles. The number of methoxy groups -OCH3 is 1. The summed E-state index contributed by atoms with van der Waals surface area (Å²) in [6.45, 7) is 10.0. The molecule has 13 nitrogen and oxygen atoms in total. The SMILES string of the molecule is COC(=O)c1csc(C(CCCN(C(=N)NC(=O)OC(C)(C)C)C(=O)OC(C)(C)C)NC(=O)OCc2ccccc2)n1. The first-order valence-corrected chi connectivity index (χ1v) is 14.1. The number of esters is 1. The summed E-state index contributed by atoms with van der Waals surface area (Å²) in [5, 5.41) is 15.3. The third kappa shape index (κ3) is 12.1. The van der Waals surface area contributed by atoms with Crippen LogP contribution in [0.5, 0.6) is 0 Å². The van der Waals surface area contributed by atoms with Crippen LogP contribution in [0.4, 0.5) is 14.4 Å². The Morgan fingerprint density at radius 2 is 1.64 bits per heavy atom. The highest BCUT2D eigenvalue weighted by atomic mass is 32.1. The quantitative estimate of drug-likeness (QED) is 0.147. The molecule has 2 rings (SSSR count). The molecule has 0 saturated heterocycles. The Kier molecular flexibility index (Phi) is 12.3. The minimum absolute atomic E-state index is 0.0462. The lowest BCUT2D eigenvalue weighted by atomic mass is 10.1. The number of ether oxygens (including phenoxy) is 4. The molecule has 0 bridgehead atoms. The maximum absolute atomic E-state index is 12.9. The van der Waals surface area contributed by atoms with E-state index in [0.29, 0.717) is 5.01 Å². The van der Waals surface area contributed by atoms with E-state index in [4.69, 9.17) is 24.4 Å². The summed E-state index contributed by atoms with van der Waals surface area (Å²) in [6, 6.07) is 8.44. The number of amides is 3. The standard InChI is InChI=1S/C28H39N5O8S/c1-27(2,3)40-25(36)32-23(29)33(26(37)41-28(4,5)6)15-11-14-19(21-30-20(17-42-21)22(34)38-7)31-24(35)39-16-18-12-9-8-10-13-18/h8-10,12-13,17,19H,11,14-16H2,1-7H3,(H,31,35)(H2,29,32,36). The van der Waals surface area contributed by atoms with E-state index in [1.54, 1.807) is 41.5 Å². The smallest absolute Gasteiger partial charge is 0.417 e. The van der Waals surface area contributed by atoms with Gasteiger partial charge in [0.2, 0.25) is 5.96 Å². The van der Waals surface area contributed by atoms with Gasteiger partial charge in [0.05, 0.1) is 13.2 Å². The van der Waals surface area contributed by atoms with Gasteiger partial charge in [-0.05, 0) is 59.9 Å². The van der Waals surface area contributed by atoms with Crippen molar-refractivity contribution < 1.29 is 38.1 Å². The van der Waals surface area contributed by atoms with Gasteiger partial charge in [0, 0.05) is 11.9 Å². The lowest BCUT2D eigenvalue weighted by Gasteiger charge is -2.28. The van der Waals surface area contributed by atoms with Crippen molar-refractivity contribution in [2.45, 2.75) is 78.2 Å². The van der Waals surface area contributed by atoms with E-state index in [2.05, 4.69) is 15.6 Å². The Bertz CT molecular complexity index is 1240. The predicted octanol–water partition coefficient (Wildman–Crippen LogP) is 5.37. The number of rotatable bonds is 9. The number of nitrogens with one attached hydrogen (secondary N) is 3. The van der Waals surface area contributed by atoms with Gasteiger partial charge in [-0.2, -0.15) is 0 Å². The first kappa shape index (κ1) is 34.0. The van der Waals surface area contributed by atoms with E-state index >= 15 is 0 Å². The van der Waals surface area contributed by atoms with Gasteiger partial charge in [-0.15, -0.1) is 11.3 Å². The number of carbonyl (C=O) groups is 4. The molecule has 1 atom stereocenters. The Labute approximate surface area is 249 Å². The topological polar surface area (TPSA) is 169 Å². The number of thiazole rings is 1. The van der Waals surface area contributed by atoms with E-state index in [1.807, 2.05) is 30.3 Å². The molecule has 3 N–H and O–H groups in total. The molecule has 230 valence electrons. The Hall–Kier alpha value is -4.20. The number of aromatic nitrogens is 1. The molecule has 0 fully saturated rings. The molecule has 0 saturated carbocycles. The van der Waals surface area contributed by atoms with Gasteiger partial charge >= 0.3 is 24.2 Å². The highest BCUT2D eigenvalue weighted by Gasteiger charge is 2.28. The molecule has 3 amide bonds. The van der Waals surface area contributed by atoms with Crippen molar-refractivity contribution >= 4 is 41.5 Å². The lowest BCUT2D eigenvalue weighted by Crippen LogP contribution is -2.49. The van der Waals surface area contributed by atoms with Crippen LogP contribution < -0.4 is 10.6 Å². The van der Waals surface area contributed by atoms with Crippen LogP contribution in [0.25, 0.3) is 0 Å². The summed E-state index contributed by atoms with van der Waals surface area (Å²) < 4.78 is 20.7. The third-order valence-corrected chi connectivity index (χ3v) is 6.06. The van der Waals surface area contributed by atoms with Crippen LogP contribution in [-0.2, 0) is 25.6 Å². The Morgan fingerprint density at radius 3 is 2.24 bits per heavy atom. The Balaban J connectivity index is 2.17. The first-order chi connectivity index (χ1) is 19.6. The van der Waals surface area contributed by atoms with E-state index < -0.39 is 47.5 Å². The number of carbonyl (C=O) groups excluding carboxylic acids is 4. The number of hydrogen-bond acceptors (Lipinski definition) is 11. The molecule has 0 aliphatic carbocycles. The largest absolute Gasteiger partial charge is 0.464 e. The van der Waals surface area contributed by atoms with Crippen molar-refractivity contribution in [1.29, 1.82) is 5.41 Å². The second-order valence-corrected chi connectivity index (χ2v) is 12.0. The van der Waals surface area contributed by atoms with Crippen molar-refractivity contribution in [1.82, 2.24) is 20.5 Å².